The number of nitrogens with zero attached hydrogens (tertiary/aromatic N) is 6. The SMILES string of the molecule is CC(C)(C)c1cc(-c2ccccn2)cc(-c2cccc3c2nc(-c2ccccc2O)n3-c2cc(-c3cccnc3)nc(-c3ccccc3)n2)c1. The van der Waals surface area contributed by atoms with E-state index < -0.39 is 0 Å². The number of fused-ring (bicyclic) bond motifs is 1. The third-order valence-electron chi connectivity index (χ3n) is 8.83. The first-order chi connectivity index (χ1) is 24.3. The Morgan fingerprint density at radius 2 is 1.34 bits per heavy atom. The zero-order valence-corrected chi connectivity index (χ0v) is 28.0. The minimum absolute atomic E-state index is 0.106. The molecule has 8 rings (SSSR count). The summed E-state index contributed by atoms with van der Waals surface area (Å²) in [7, 11) is 0. The number of benzene rings is 4. The number of phenolic OH excluding ortho intramolecular Hbond substituents is 1. The predicted octanol–water partition coefficient (Wildman–Crippen LogP) is 9.94. The molecule has 0 saturated heterocycles. The summed E-state index contributed by atoms with van der Waals surface area (Å²) in [6.07, 6.45) is 5.38. The van der Waals surface area contributed by atoms with Crippen molar-refractivity contribution >= 4 is 11.0 Å². The lowest BCUT2D eigenvalue weighted by atomic mass is 9.83. The van der Waals surface area contributed by atoms with Gasteiger partial charge in [-0.1, -0.05) is 87.5 Å². The summed E-state index contributed by atoms with van der Waals surface area (Å²) in [6, 6.07) is 41.9. The van der Waals surface area contributed by atoms with Crippen LogP contribution in [0.2, 0.25) is 0 Å². The van der Waals surface area contributed by atoms with E-state index in [0.29, 0.717) is 23.0 Å². The molecule has 4 aromatic heterocycles. The largest absolute Gasteiger partial charge is 0.507 e. The fourth-order valence-corrected chi connectivity index (χ4v) is 6.23. The molecule has 4 heterocycles. The monoisotopic (exact) mass is 650 g/mol. The van der Waals surface area contributed by atoms with Crippen LogP contribution in [0.3, 0.4) is 0 Å². The molecule has 0 aliphatic rings. The van der Waals surface area contributed by atoms with Crippen molar-refractivity contribution in [2.75, 3.05) is 0 Å². The Kier molecular flexibility index (Phi) is 7.72. The highest BCUT2D eigenvalue weighted by Crippen LogP contribution is 2.40. The van der Waals surface area contributed by atoms with Crippen LogP contribution in [-0.2, 0) is 5.41 Å². The van der Waals surface area contributed by atoms with Gasteiger partial charge < -0.3 is 5.11 Å². The minimum atomic E-state index is -0.106. The summed E-state index contributed by atoms with van der Waals surface area (Å²) in [4.78, 5) is 24.5. The summed E-state index contributed by atoms with van der Waals surface area (Å²) < 4.78 is 2.02. The molecule has 0 bridgehead atoms. The quantitative estimate of drug-likeness (QED) is 0.193. The van der Waals surface area contributed by atoms with Gasteiger partial charge in [-0.25, -0.2) is 15.0 Å². The number of hydrogen-bond acceptors (Lipinski definition) is 6. The van der Waals surface area contributed by atoms with E-state index in [4.69, 9.17) is 15.0 Å². The standard InChI is InChI=1S/C43H34N6O/c1-43(2,3)32-24-30(23-31(25-32)35-18-9-10-22-45-35)33-17-11-19-37-40(33)48-42(34-16-7-8-20-38(34)50)49(37)39-26-36(29-15-12-21-44-27-29)46-41(47-39)28-13-5-4-6-14-28/h4-27,50H,1-3H3. The van der Waals surface area contributed by atoms with Gasteiger partial charge in [0.1, 0.15) is 11.6 Å². The summed E-state index contributed by atoms with van der Waals surface area (Å²) >= 11 is 0. The minimum Gasteiger partial charge on any atom is -0.507 e. The first-order valence-corrected chi connectivity index (χ1v) is 16.6. The molecular formula is C43H34N6O. The first-order valence-electron chi connectivity index (χ1n) is 16.6. The second kappa shape index (κ2) is 12.5. The topological polar surface area (TPSA) is 89.6 Å². The molecule has 8 aromatic rings. The Bertz CT molecular complexity index is 2410. The zero-order chi connectivity index (χ0) is 34.2. The van der Waals surface area contributed by atoms with E-state index in [2.05, 4.69) is 67.1 Å². The molecule has 0 fully saturated rings. The molecule has 0 aliphatic heterocycles. The van der Waals surface area contributed by atoms with Crippen molar-refractivity contribution in [2.45, 2.75) is 26.2 Å². The van der Waals surface area contributed by atoms with Crippen LogP contribution in [0, 0.1) is 0 Å². The number of hydrogen-bond donors (Lipinski definition) is 1. The van der Waals surface area contributed by atoms with E-state index >= 15 is 0 Å². The molecule has 0 unspecified atom stereocenters. The highest BCUT2D eigenvalue weighted by molar-refractivity contribution is 5.96. The maximum Gasteiger partial charge on any atom is 0.162 e. The van der Waals surface area contributed by atoms with E-state index in [1.807, 2.05) is 95.7 Å². The maximum absolute atomic E-state index is 11.2. The predicted molar refractivity (Wildman–Crippen MR) is 200 cm³/mol. The Labute approximate surface area is 290 Å². The number of aromatic nitrogens is 6. The second-order valence-electron chi connectivity index (χ2n) is 13.3. The molecule has 50 heavy (non-hydrogen) atoms. The second-order valence-corrected chi connectivity index (χ2v) is 13.3. The molecular weight excluding hydrogens is 617 g/mol. The normalized spacial score (nSPS) is 11.6. The summed E-state index contributed by atoms with van der Waals surface area (Å²) in [5.74, 6) is 1.88. The lowest BCUT2D eigenvalue weighted by Crippen LogP contribution is -2.11. The Morgan fingerprint density at radius 1 is 0.580 bits per heavy atom. The van der Waals surface area contributed by atoms with Crippen LogP contribution in [0.1, 0.15) is 26.3 Å². The Hall–Kier alpha value is -6.47. The van der Waals surface area contributed by atoms with Crippen LogP contribution >= 0.6 is 0 Å². The lowest BCUT2D eigenvalue weighted by Gasteiger charge is -2.21. The first kappa shape index (κ1) is 30.8. The summed E-state index contributed by atoms with van der Waals surface area (Å²) in [6.45, 7) is 6.66. The fraction of sp³-hybridized carbons (Fsp3) is 0.0930. The van der Waals surface area contributed by atoms with Gasteiger partial charge in [0.15, 0.2) is 11.6 Å². The van der Waals surface area contributed by atoms with Crippen LogP contribution in [-0.4, -0.2) is 34.6 Å². The van der Waals surface area contributed by atoms with Gasteiger partial charge >= 0.3 is 0 Å². The van der Waals surface area contributed by atoms with Crippen molar-refractivity contribution in [3.8, 4) is 68.0 Å². The van der Waals surface area contributed by atoms with Crippen LogP contribution in [0.25, 0.3) is 73.3 Å². The molecule has 0 amide bonds. The van der Waals surface area contributed by atoms with Crippen LogP contribution in [0.15, 0.2) is 146 Å². The van der Waals surface area contributed by atoms with Crippen molar-refractivity contribution in [2.24, 2.45) is 0 Å². The number of phenols is 1. The Morgan fingerprint density at radius 3 is 2.10 bits per heavy atom. The molecule has 242 valence electrons. The van der Waals surface area contributed by atoms with Crippen molar-refractivity contribution in [1.82, 2.24) is 29.5 Å². The van der Waals surface area contributed by atoms with Gasteiger partial charge in [-0.15, -0.1) is 0 Å². The molecule has 7 nitrogen and oxygen atoms in total. The number of aromatic hydroxyl groups is 1. The highest BCUT2D eigenvalue weighted by atomic mass is 16.3. The van der Waals surface area contributed by atoms with Gasteiger partial charge in [0.05, 0.1) is 28.0 Å². The molecule has 0 saturated carbocycles. The number of pyridine rings is 2. The van der Waals surface area contributed by atoms with Gasteiger partial charge in [-0.05, 0) is 71.1 Å². The third-order valence-corrected chi connectivity index (χ3v) is 8.83. The smallest absolute Gasteiger partial charge is 0.162 e. The van der Waals surface area contributed by atoms with Crippen molar-refractivity contribution in [1.29, 1.82) is 0 Å². The van der Waals surface area contributed by atoms with E-state index in [9.17, 15) is 5.11 Å². The van der Waals surface area contributed by atoms with Gasteiger partial charge in [-0.3, -0.25) is 14.5 Å². The van der Waals surface area contributed by atoms with Crippen LogP contribution in [0.5, 0.6) is 5.75 Å². The molecule has 4 aromatic carbocycles. The number of rotatable bonds is 6. The van der Waals surface area contributed by atoms with Crippen LogP contribution < -0.4 is 0 Å². The third kappa shape index (κ3) is 5.79. The van der Waals surface area contributed by atoms with E-state index in [0.717, 1.165) is 50.2 Å². The van der Waals surface area contributed by atoms with Crippen molar-refractivity contribution in [3.63, 3.8) is 0 Å². The summed E-state index contributed by atoms with van der Waals surface area (Å²) in [5, 5.41) is 11.2. The molecule has 0 aliphatic carbocycles. The van der Waals surface area contributed by atoms with Gasteiger partial charge in [0.25, 0.3) is 0 Å². The average molecular weight is 651 g/mol. The Balaban J connectivity index is 1.43. The molecule has 0 spiro atoms. The summed E-state index contributed by atoms with van der Waals surface area (Å²) in [5.41, 5.74) is 9.71. The van der Waals surface area contributed by atoms with Gasteiger partial charge in [-0.2, -0.15) is 0 Å². The molecule has 0 radical (unpaired) electrons. The van der Waals surface area contributed by atoms with Gasteiger partial charge in [0, 0.05) is 46.9 Å². The van der Waals surface area contributed by atoms with E-state index in [1.54, 1.807) is 18.5 Å². The number of para-hydroxylation sites is 2. The molecule has 7 heteroatoms. The maximum atomic E-state index is 11.2. The number of imidazole rings is 1. The molecule has 0 atom stereocenters. The highest BCUT2D eigenvalue weighted by Gasteiger charge is 2.23. The molecule has 1 N–H and O–H groups in total. The van der Waals surface area contributed by atoms with E-state index in [1.165, 1.54) is 5.56 Å². The van der Waals surface area contributed by atoms with E-state index in [-0.39, 0.29) is 11.2 Å². The average Bonchev–Trinajstić information content (AvgIpc) is 3.55. The van der Waals surface area contributed by atoms with Crippen molar-refractivity contribution in [3.05, 3.63) is 152 Å². The van der Waals surface area contributed by atoms with Crippen molar-refractivity contribution < 1.29 is 5.11 Å². The van der Waals surface area contributed by atoms with Gasteiger partial charge in [0.2, 0.25) is 0 Å². The zero-order valence-electron chi connectivity index (χ0n) is 28.0. The van der Waals surface area contributed by atoms with Crippen LogP contribution in [0.4, 0.5) is 0 Å². The fourth-order valence-electron chi connectivity index (χ4n) is 6.23. The lowest BCUT2D eigenvalue weighted by molar-refractivity contribution is 0.477.